The zero-order valence-corrected chi connectivity index (χ0v) is 12.3. The minimum Gasteiger partial charge on any atom is -0.352 e. The van der Waals surface area contributed by atoms with Crippen molar-refractivity contribution >= 4 is 11.8 Å². The molecule has 1 heterocycles. The summed E-state index contributed by atoms with van der Waals surface area (Å²) in [4.78, 5) is 26.2. The summed E-state index contributed by atoms with van der Waals surface area (Å²) in [6.07, 6.45) is 6.64. The van der Waals surface area contributed by atoms with Crippen LogP contribution in [0.4, 0.5) is 0 Å². The molecule has 1 saturated carbocycles. The van der Waals surface area contributed by atoms with Crippen molar-refractivity contribution in [3.63, 3.8) is 0 Å². The van der Waals surface area contributed by atoms with Gasteiger partial charge in [0, 0.05) is 18.2 Å². The second-order valence-electron chi connectivity index (χ2n) is 6.04. The van der Waals surface area contributed by atoms with Crippen LogP contribution in [-0.4, -0.2) is 35.8 Å². The Hall–Kier alpha value is -1.84. The van der Waals surface area contributed by atoms with E-state index in [0.29, 0.717) is 12.6 Å². The standard InChI is InChI=1S/C17H22N2O2/c20-16(18-14-7-2-1-3-8-14)12-19-11-10-13-6-4-5-9-15(13)17(19)21/h4-6,9,14H,1-3,7-8,10-12H2,(H,18,20). The third-order valence-electron chi connectivity index (χ3n) is 4.49. The van der Waals surface area contributed by atoms with E-state index >= 15 is 0 Å². The topological polar surface area (TPSA) is 49.4 Å². The highest BCUT2D eigenvalue weighted by molar-refractivity contribution is 5.98. The van der Waals surface area contributed by atoms with Crippen LogP contribution in [0.15, 0.2) is 24.3 Å². The van der Waals surface area contributed by atoms with E-state index in [1.165, 1.54) is 19.3 Å². The van der Waals surface area contributed by atoms with Gasteiger partial charge in [0.15, 0.2) is 0 Å². The predicted octanol–water partition coefficient (Wildman–Crippen LogP) is 2.13. The molecule has 0 spiro atoms. The summed E-state index contributed by atoms with van der Waals surface area (Å²) >= 11 is 0. The molecular weight excluding hydrogens is 264 g/mol. The van der Waals surface area contributed by atoms with E-state index < -0.39 is 0 Å². The molecule has 4 nitrogen and oxygen atoms in total. The molecule has 2 aliphatic rings. The molecule has 4 heteroatoms. The lowest BCUT2D eigenvalue weighted by molar-refractivity contribution is -0.122. The van der Waals surface area contributed by atoms with Gasteiger partial charge in [-0.25, -0.2) is 0 Å². The fourth-order valence-electron chi connectivity index (χ4n) is 3.32. The van der Waals surface area contributed by atoms with Gasteiger partial charge >= 0.3 is 0 Å². The molecule has 0 radical (unpaired) electrons. The fourth-order valence-corrected chi connectivity index (χ4v) is 3.32. The van der Waals surface area contributed by atoms with Gasteiger partial charge in [-0.2, -0.15) is 0 Å². The highest BCUT2D eigenvalue weighted by Gasteiger charge is 2.26. The number of benzene rings is 1. The van der Waals surface area contributed by atoms with Gasteiger partial charge in [-0.1, -0.05) is 37.5 Å². The summed E-state index contributed by atoms with van der Waals surface area (Å²) in [7, 11) is 0. The van der Waals surface area contributed by atoms with Gasteiger partial charge in [-0.15, -0.1) is 0 Å². The van der Waals surface area contributed by atoms with Crippen LogP contribution in [0.3, 0.4) is 0 Å². The summed E-state index contributed by atoms with van der Waals surface area (Å²) in [5.74, 6) is -0.0368. The van der Waals surface area contributed by atoms with E-state index in [-0.39, 0.29) is 18.4 Å². The van der Waals surface area contributed by atoms with Gasteiger partial charge in [0.2, 0.25) is 5.91 Å². The summed E-state index contributed by atoms with van der Waals surface area (Å²) in [5, 5.41) is 3.08. The van der Waals surface area contributed by atoms with Gasteiger partial charge in [-0.3, -0.25) is 9.59 Å². The average molecular weight is 286 g/mol. The first kappa shape index (κ1) is 14.1. The van der Waals surface area contributed by atoms with E-state index in [2.05, 4.69) is 5.32 Å². The highest BCUT2D eigenvalue weighted by atomic mass is 16.2. The number of carbonyl (C=O) groups excluding carboxylic acids is 2. The first-order valence-corrected chi connectivity index (χ1v) is 7.90. The molecule has 1 N–H and O–H groups in total. The second-order valence-corrected chi connectivity index (χ2v) is 6.04. The normalized spacial score (nSPS) is 19.2. The smallest absolute Gasteiger partial charge is 0.254 e. The molecule has 1 aromatic carbocycles. The number of hydrogen-bond acceptors (Lipinski definition) is 2. The fraction of sp³-hybridized carbons (Fsp3) is 0.529. The van der Waals surface area contributed by atoms with Gasteiger partial charge in [0.05, 0.1) is 6.54 Å². The lowest BCUT2D eigenvalue weighted by atomic mass is 9.95. The third-order valence-corrected chi connectivity index (χ3v) is 4.49. The minimum atomic E-state index is -0.0189. The minimum absolute atomic E-state index is 0.0179. The summed E-state index contributed by atoms with van der Waals surface area (Å²) in [5.41, 5.74) is 1.83. The van der Waals surface area contributed by atoms with Crippen molar-refractivity contribution in [1.82, 2.24) is 10.2 Å². The number of nitrogens with one attached hydrogen (secondary N) is 1. The molecule has 0 bridgehead atoms. The maximum absolute atomic E-state index is 12.4. The summed E-state index contributed by atoms with van der Waals surface area (Å²) < 4.78 is 0. The molecule has 1 aliphatic carbocycles. The summed E-state index contributed by atoms with van der Waals surface area (Å²) in [6, 6.07) is 7.98. The van der Waals surface area contributed by atoms with E-state index in [1.807, 2.05) is 24.3 Å². The van der Waals surface area contributed by atoms with Crippen LogP contribution in [0.25, 0.3) is 0 Å². The van der Waals surface area contributed by atoms with Gasteiger partial charge in [0.25, 0.3) is 5.91 Å². The average Bonchev–Trinajstić information content (AvgIpc) is 2.51. The molecule has 0 aromatic heterocycles. The van der Waals surface area contributed by atoms with Crippen LogP contribution in [-0.2, 0) is 11.2 Å². The highest BCUT2D eigenvalue weighted by Crippen LogP contribution is 2.19. The third kappa shape index (κ3) is 3.26. The molecule has 0 atom stereocenters. The molecule has 1 aromatic rings. The number of nitrogens with zero attached hydrogens (tertiary/aromatic N) is 1. The lowest BCUT2D eigenvalue weighted by Gasteiger charge is -2.29. The monoisotopic (exact) mass is 286 g/mol. The van der Waals surface area contributed by atoms with Crippen molar-refractivity contribution in [2.24, 2.45) is 0 Å². The van der Waals surface area contributed by atoms with Crippen molar-refractivity contribution in [3.05, 3.63) is 35.4 Å². The zero-order chi connectivity index (χ0) is 14.7. The number of carbonyl (C=O) groups is 2. The second kappa shape index (κ2) is 6.29. The first-order chi connectivity index (χ1) is 10.2. The molecule has 112 valence electrons. The Labute approximate surface area is 125 Å². The molecule has 1 aliphatic heterocycles. The molecule has 3 rings (SSSR count). The van der Waals surface area contributed by atoms with Gasteiger partial charge in [0.1, 0.15) is 0 Å². The molecule has 2 amide bonds. The van der Waals surface area contributed by atoms with Crippen LogP contribution in [0.2, 0.25) is 0 Å². The van der Waals surface area contributed by atoms with Crippen LogP contribution >= 0.6 is 0 Å². The lowest BCUT2D eigenvalue weighted by Crippen LogP contribution is -2.46. The first-order valence-electron chi connectivity index (χ1n) is 7.90. The zero-order valence-electron chi connectivity index (χ0n) is 12.3. The molecule has 0 unspecified atom stereocenters. The summed E-state index contributed by atoms with van der Waals surface area (Å²) in [6.45, 7) is 0.817. The van der Waals surface area contributed by atoms with E-state index in [4.69, 9.17) is 0 Å². The Morgan fingerprint density at radius 3 is 2.76 bits per heavy atom. The van der Waals surface area contributed by atoms with Crippen LogP contribution in [0, 0.1) is 0 Å². The largest absolute Gasteiger partial charge is 0.352 e. The SMILES string of the molecule is O=C(CN1CCc2ccccc2C1=O)NC1CCCCC1. The quantitative estimate of drug-likeness (QED) is 0.925. The van der Waals surface area contributed by atoms with E-state index in [9.17, 15) is 9.59 Å². The van der Waals surface area contributed by atoms with Crippen LogP contribution in [0.1, 0.15) is 48.0 Å². The molecule has 1 fully saturated rings. The van der Waals surface area contributed by atoms with Gasteiger partial charge in [-0.05, 0) is 30.9 Å². The molecular formula is C17H22N2O2. The Morgan fingerprint density at radius 1 is 1.19 bits per heavy atom. The number of hydrogen-bond donors (Lipinski definition) is 1. The maximum Gasteiger partial charge on any atom is 0.254 e. The van der Waals surface area contributed by atoms with Crippen LogP contribution in [0.5, 0.6) is 0 Å². The van der Waals surface area contributed by atoms with Crippen molar-refractivity contribution < 1.29 is 9.59 Å². The van der Waals surface area contributed by atoms with Crippen molar-refractivity contribution in [2.45, 2.75) is 44.6 Å². The Morgan fingerprint density at radius 2 is 1.95 bits per heavy atom. The number of fused-ring (bicyclic) bond motifs is 1. The van der Waals surface area contributed by atoms with Crippen molar-refractivity contribution in [1.29, 1.82) is 0 Å². The predicted molar refractivity (Wildman–Crippen MR) is 81.1 cm³/mol. The number of rotatable bonds is 3. The van der Waals surface area contributed by atoms with Gasteiger partial charge < -0.3 is 10.2 Å². The Balaban J connectivity index is 1.58. The Kier molecular flexibility index (Phi) is 4.23. The van der Waals surface area contributed by atoms with Crippen molar-refractivity contribution in [3.8, 4) is 0 Å². The molecule has 0 saturated heterocycles. The van der Waals surface area contributed by atoms with Crippen molar-refractivity contribution in [2.75, 3.05) is 13.1 Å². The van der Waals surface area contributed by atoms with Crippen LogP contribution < -0.4 is 5.32 Å². The maximum atomic E-state index is 12.4. The van der Waals surface area contributed by atoms with E-state index in [0.717, 1.165) is 30.4 Å². The van der Waals surface area contributed by atoms with E-state index in [1.54, 1.807) is 4.90 Å². The number of amides is 2. The Bertz CT molecular complexity index is 535. The molecule has 21 heavy (non-hydrogen) atoms.